The monoisotopic (exact) mass is 714 g/mol. The summed E-state index contributed by atoms with van der Waals surface area (Å²) in [6, 6.07) is 62.8. The first-order valence-corrected chi connectivity index (χ1v) is 22.6. The van der Waals surface area contributed by atoms with Crippen LogP contribution in [0.5, 0.6) is 0 Å². The largest absolute Gasteiger partial charge is 0.310 e. The fourth-order valence-corrected chi connectivity index (χ4v) is 10.4. The van der Waals surface area contributed by atoms with Crippen molar-refractivity contribution in [2.24, 2.45) is 0 Å². The van der Waals surface area contributed by atoms with Crippen LogP contribution in [0.1, 0.15) is 30.5 Å². The van der Waals surface area contributed by atoms with Gasteiger partial charge in [-0.25, -0.2) is 0 Å². The van der Waals surface area contributed by atoms with Crippen LogP contribution in [-0.4, -0.2) is 8.07 Å². The SMILES string of the molecule is Cc1ccccc1N(c1ccc([Si](C)(C)C)c2ccccc12)c1cc2c(c3ccccc13)-c1ccc(N(c3ccccc3)c3ccccc3)cc1C2(C)C. The predicted octanol–water partition coefficient (Wildman–Crippen LogP) is 14.1. The van der Waals surface area contributed by atoms with Crippen LogP contribution in [0.25, 0.3) is 32.7 Å². The van der Waals surface area contributed by atoms with Crippen molar-refractivity contribution in [2.75, 3.05) is 9.80 Å². The molecule has 0 unspecified atom stereocenters. The molecule has 54 heavy (non-hydrogen) atoms. The summed E-state index contributed by atoms with van der Waals surface area (Å²) < 4.78 is 0. The van der Waals surface area contributed by atoms with Gasteiger partial charge in [-0.05, 0) is 100 Å². The highest BCUT2D eigenvalue weighted by Crippen LogP contribution is 2.56. The van der Waals surface area contributed by atoms with Gasteiger partial charge in [-0.2, -0.15) is 0 Å². The van der Waals surface area contributed by atoms with Crippen molar-refractivity contribution in [3.63, 3.8) is 0 Å². The molecule has 8 aromatic rings. The van der Waals surface area contributed by atoms with E-state index in [1.165, 1.54) is 71.6 Å². The molecule has 0 saturated heterocycles. The Labute approximate surface area is 321 Å². The molecule has 0 bridgehead atoms. The minimum Gasteiger partial charge on any atom is -0.310 e. The lowest BCUT2D eigenvalue weighted by molar-refractivity contribution is 0.661. The molecule has 2 nitrogen and oxygen atoms in total. The smallest absolute Gasteiger partial charge is 0.0784 e. The van der Waals surface area contributed by atoms with Crippen LogP contribution in [0.3, 0.4) is 0 Å². The first kappa shape index (κ1) is 33.9. The van der Waals surface area contributed by atoms with Gasteiger partial charge >= 0.3 is 0 Å². The molecule has 0 fully saturated rings. The molecule has 0 aliphatic heterocycles. The van der Waals surface area contributed by atoms with E-state index in [4.69, 9.17) is 0 Å². The van der Waals surface area contributed by atoms with E-state index in [0.29, 0.717) is 0 Å². The van der Waals surface area contributed by atoms with Crippen LogP contribution in [-0.2, 0) is 5.41 Å². The van der Waals surface area contributed by atoms with Crippen molar-refractivity contribution >= 4 is 68.9 Å². The Kier molecular flexibility index (Phi) is 8.10. The number of anilines is 6. The van der Waals surface area contributed by atoms with Crippen LogP contribution >= 0.6 is 0 Å². The second-order valence-corrected chi connectivity index (χ2v) is 21.3. The van der Waals surface area contributed by atoms with Gasteiger partial charge in [0, 0.05) is 38.9 Å². The fourth-order valence-electron chi connectivity index (χ4n) is 8.81. The number of nitrogens with zero attached hydrogens (tertiary/aromatic N) is 2. The maximum absolute atomic E-state index is 2.55. The summed E-state index contributed by atoms with van der Waals surface area (Å²) >= 11 is 0. The topological polar surface area (TPSA) is 6.48 Å². The molecule has 0 amide bonds. The Balaban J connectivity index is 1.29. The summed E-state index contributed by atoms with van der Waals surface area (Å²) in [4.78, 5) is 4.92. The number of hydrogen-bond acceptors (Lipinski definition) is 2. The van der Waals surface area contributed by atoms with Gasteiger partial charge in [-0.15, -0.1) is 0 Å². The van der Waals surface area contributed by atoms with Gasteiger partial charge in [0.2, 0.25) is 0 Å². The molecule has 3 heteroatoms. The summed E-state index contributed by atoms with van der Waals surface area (Å²) in [5.41, 5.74) is 13.4. The molecule has 264 valence electrons. The van der Waals surface area contributed by atoms with E-state index < -0.39 is 8.07 Å². The second kappa shape index (κ2) is 12.9. The fraction of sp³-hybridized carbons (Fsp3) is 0.137. The van der Waals surface area contributed by atoms with E-state index in [1.54, 1.807) is 0 Å². The van der Waals surface area contributed by atoms with E-state index in [0.717, 1.165) is 17.1 Å². The molecule has 1 aliphatic rings. The van der Waals surface area contributed by atoms with Gasteiger partial charge in [0.15, 0.2) is 0 Å². The Morgan fingerprint density at radius 2 is 0.981 bits per heavy atom. The van der Waals surface area contributed by atoms with Crippen LogP contribution in [0.4, 0.5) is 34.1 Å². The lowest BCUT2D eigenvalue weighted by Crippen LogP contribution is -2.38. The van der Waals surface area contributed by atoms with Gasteiger partial charge in [0.05, 0.1) is 19.4 Å². The molecule has 0 spiro atoms. The van der Waals surface area contributed by atoms with Gasteiger partial charge < -0.3 is 9.80 Å². The average molecular weight is 715 g/mol. The molecule has 1 aliphatic carbocycles. The minimum atomic E-state index is -1.62. The van der Waals surface area contributed by atoms with Crippen molar-refractivity contribution < 1.29 is 0 Å². The lowest BCUT2D eigenvalue weighted by atomic mass is 9.81. The molecule has 0 atom stereocenters. The molecular formula is C51H46N2Si. The van der Waals surface area contributed by atoms with Crippen LogP contribution in [0, 0.1) is 6.92 Å². The zero-order valence-electron chi connectivity index (χ0n) is 32.1. The van der Waals surface area contributed by atoms with E-state index in [1.807, 2.05) is 0 Å². The van der Waals surface area contributed by atoms with E-state index in [2.05, 4.69) is 220 Å². The highest BCUT2D eigenvalue weighted by molar-refractivity contribution is 6.90. The van der Waals surface area contributed by atoms with Gasteiger partial charge in [-0.1, -0.05) is 154 Å². The maximum atomic E-state index is 2.55. The van der Waals surface area contributed by atoms with E-state index in [9.17, 15) is 0 Å². The highest BCUT2D eigenvalue weighted by atomic mass is 28.3. The predicted molar refractivity (Wildman–Crippen MR) is 236 cm³/mol. The zero-order valence-corrected chi connectivity index (χ0v) is 33.1. The number of aryl methyl sites for hydroxylation is 1. The summed E-state index contributed by atoms with van der Waals surface area (Å²) in [7, 11) is -1.62. The van der Waals surface area contributed by atoms with Crippen LogP contribution < -0.4 is 15.0 Å². The molecular weight excluding hydrogens is 669 g/mol. The summed E-state index contributed by atoms with van der Waals surface area (Å²) in [6.07, 6.45) is 0. The van der Waals surface area contributed by atoms with E-state index >= 15 is 0 Å². The maximum Gasteiger partial charge on any atom is 0.0784 e. The van der Waals surface area contributed by atoms with Crippen LogP contribution in [0.2, 0.25) is 19.6 Å². The lowest BCUT2D eigenvalue weighted by Gasteiger charge is -2.32. The summed E-state index contributed by atoms with van der Waals surface area (Å²) in [6.45, 7) is 14.4. The molecule has 0 radical (unpaired) electrons. The highest BCUT2D eigenvalue weighted by Gasteiger charge is 2.39. The third-order valence-electron chi connectivity index (χ3n) is 11.5. The average Bonchev–Trinajstić information content (AvgIpc) is 3.41. The van der Waals surface area contributed by atoms with Crippen molar-refractivity contribution in [1.29, 1.82) is 0 Å². The van der Waals surface area contributed by atoms with Gasteiger partial charge in [-0.3, -0.25) is 0 Å². The molecule has 0 saturated carbocycles. The quantitative estimate of drug-likeness (QED) is 0.152. The number of para-hydroxylation sites is 3. The Hall–Kier alpha value is -5.90. The molecule has 8 aromatic carbocycles. The summed E-state index contributed by atoms with van der Waals surface area (Å²) in [5, 5.41) is 6.69. The number of rotatable bonds is 7. The third-order valence-corrected chi connectivity index (χ3v) is 13.5. The van der Waals surface area contributed by atoms with Crippen LogP contribution in [0.15, 0.2) is 170 Å². The molecule has 9 rings (SSSR count). The zero-order chi connectivity index (χ0) is 37.2. The van der Waals surface area contributed by atoms with Gasteiger partial charge in [0.25, 0.3) is 0 Å². The third kappa shape index (κ3) is 5.45. The van der Waals surface area contributed by atoms with E-state index in [-0.39, 0.29) is 5.41 Å². The number of hydrogen-bond donors (Lipinski definition) is 0. The van der Waals surface area contributed by atoms with Crippen molar-refractivity contribution in [3.05, 3.63) is 187 Å². The van der Waals surface area contributed by atoms with Crippen molar-refractivity contribution in [3.8, 4) is 11.1 Å². The Bertz CT molecular complexity index is 2650. The summed E-state index contributed by atoms with van der Waals surface area (Å²) in [5.74, 6) is 0. The minimum absolute atomic E-state index is 0.250. The van der Waals surface area contributed by atoms with Gasteiger partial charge in [0.1, 0.15) is 0 Å². The standard InChI is InChI=1S/C51H46N2Si/c1-35-19-13-18-28-46(35)53(47-31-32-49(54(4,5)6)41-26-16-14-24-39(41)47)48-34-45-50(42-27-17-15-25-40(42)48)43-30-29-38(33-44(43)51(45,2)3)52(36-20-9-7-10-21-36)37-22-11-8-12-23-37/h7-34H,1-6H3. The first-order chi connectivity index (χ1) is 26.1. The Morgan fingerprint density at radius 1 is 0.426 bits per heavy atom. The molecule has 0 aromatic heterocycles. The Morgan fingerprint density at radius 3 is 1.61 bits per heavy atom. The molecule has 0 N–H and O–H groups in total. The first-order valence-electron chi connectivity index (χ1n) is 19.1. The number of benzene rings is 8. The van der Waals surface area contributed by atoms with Crippen molar-refractivity contribution in [2.45, 2.75) is 45.8 Å². The normalized spacial score (nSPS) is 13.1. The second-order valence-electron chi connectivity index (χ2n) is 16.3. The van der Waals surface area contributed by atoms with Crippen molar-refractivity contribution in [1.82, 2.24) is 0 Å². The number of fused-ring (bicyclic) bond motifs is 6. The molecule has 0 heterocycles.